The molecule has 0 aliphatic heterocycles. The standard InChI is InChI=1S/C16H34N2O2Si3.O2/c1-21(2,3)19-23(7,20-22(4,5)6)14-10-13-18-16-12-9-8-11-15(16)17;1-2/h8-9,11-12,18H,10,13-14,17H2,1-7H3;. The highest BCUT2D eigenvalue weighted by Gasteiger charge is 2.39. The van der Waals surface area contributed by atoms with E-state index in [2.05, 4.69) is 51.1 Å². The summed E-state index contributed by atoms with van der Waals surface area (Å²) < 4.78 is 13.0. The molecule has 9 heteroatoms. The highest BCUT2D eigenvalue weighted by molar-refractivity contribution is 6.87. The van der Waals surface area contributed by atoms with E-state index in [-0.39, 0.29) is 0 Å². The molecule has 1 rings (SSSR count). The van der Waals surface area contributed by atoms with Gasteiger partial charge in [-0.2, -0.15) is 0 Å². The Bertz CT molecular complexity index is 503. The molecular weight excluding hydrogens is 368 g/mol. The van der Waals surface area contributed by atoms with Gasteiger partial charge in [0.05, 0.1) is 11.4 Å². The van der Waals surface area contributed by atoms with Crippen molar-refractivity contribution in [3.05, 3.63) is 34.2 Å². The number of hydrogen-bond acceptors (Lipinski definition) is 6. The minimum atomic E-state index is -2.12. The third-order valence-corrected chi connectivity index (χ3v) is 12.7. The SMILES string of the molecule is C[Si](C)(C)O[Si](C)(CCCNc1ccccc1N)O[Si](C)(C)C.O=O. The Balaban J connectivity index is 0.00000277. The molecule has 0 unspecified atom stereocenters. The van der Waals surface area contributed by atoms with E-state index in [0.717, 1.165) is 30.4 Å². The molecule has 0 saturated carbocycles. The molecule has 25 heavy (non-hydrogen) atoms. The summed E-state index contributed by atoms with van der Waals surface area (Å²) >= 11 is 0. The molecule has 1 aromatic carbocycles. The molecule has 0 fully saturated rings. The van der Waals surface area contributed by atoms with E-state index >= 15 is 0 Å². The second-order valence-electron chi connectivity index (χ2n) is 8.18. The normalized spacial score (nSPS) is 12.3. The average Bonchev–Trinajstić information content (AvgIpc) is 2.43. The fourth-order valence-electron chi connectivity index (χ4n) is 2.71. The van der Waals surface area contributed by atoms with E-state index in [0.29, 0.717) is 0 Å². The van der Waals surface area contributed by atoms with Crippen molar-refractivity contribution >= 4 is 36.6 Å². The largest absolute Gasteiger partial charge is 0.437 e. The number of rotatable bonds is 9. The first-order chi connectivity index (χ1) is 11.4. The summed E-state index contributed by atoms with van der Waals surface area (Å²) in [6.45, 7) is 16.6. The fraction of sp³-hybridized carbons (Fsp3) is 0.625. The Hall–Kier alpha value is -1.01. The molecule has 144 valence electrons. The van der Waals surface area contributed by atoms with Crippen molar-refractivity contribution in [1.82, 2.24) is 0 Å². The van der Waals surface area contributed by atoms with Crippen molar-refractivity contribution in [2.45, 2.75) is 58.3 Å². The molecule has 1 aromatic rings. The Morgan fingerprint density at radius 3 is 1.84 bits per heavy atom. The summed E-state index contributed by atoms with van der Waals surface area (Å²) in [7, 11) is -5.33. The minimum Gasteiger partial charge on any atom is -0.437 e. The smallest absolute Gasteiger partial charge is 0.314 e. The summed E-state index contributed by atoms with van der Waals surface area (Å²) in [5, 5.41) is 3.42. The molecule has 0 spiro atoms. The first-order valence-electron chi connectivity index (χ1n) is 8.56. The van der Waals surface area contributed by atoms with Crippen molar-refractivity contribution in [1.29, 1.82) is 0 Å². The van der Waals surface area contributed by atoms with Crippen LogP contribution >= 0.6 is 0 Å². The quantitative estimate of drug-likeness (QED) is 0.346. The lowest BCUT2D eigenvalue weighted by atomic mass is 10.2. The lowest BCUT2D eigenvalue weighted by molar-refractivity contribution is 0.382. The Morgan fingerprint density at radius 2 is 1.40 bits per heavy atom. The van der Waals surface area contributed by atoms with E-state index in [9.17, 15) is 0 Å². The maximum atomic E-state index is 7.00. The van der Waals surface area contributed by atoms with E-state index in [1.165, 1.54) is 0 Å². The van der Waals surface area contributed by atoms with Crippen LogP contribution in [0.5, 0.6) is 0 Å². The van der Waals surface area contributed by atoms with E-state index in [4.69, 9.17) is 23.9 Å². The zero-order chi connectivity index (χ0) is 19.7. The van der Waals surface area contributed by atoms with Gasteiger partial charge in [0.15, 0.2) is 16.6 Å². The van der Waals surface area contributed by atoms with E-state index < -0.39 is 25.2 Å². The van der Waals surface area contributed by atoms with Crippen LogP contribution < -0.4 is 11.1 Å². The zero-order valence-electron chi connectivity index (χ0n) is 16.6. The van der Waals surface area contributed by atoms with Crippen LogP contribution in [0.4, 0.5) is 11.4 Å². The van der Waals surface area contributed by atoms with Crippen LogP contribution in [-0.2, 0) is 8.23 Å². The fourth-order valence-corrected chi connectivity index (χ4v) is 15.2. The van der Waals surface area contributed by atoms with Gasteiger partial charge in [0.25, 0.3) is 0 Å². The predicted octanol–water partition coefficient (Wildman–Crippen LogP) is 4.91. The molecule has 3 N–H and O–H groups in total. The van der Waals surface area contributed by atoms with E-state index in [1.54, 1.807) is 0 Å². The van der Waals surface area contributed by atoms with E-state index in [1.807, 2.05) is 24.3 Å². The monoisotopic (exact) mass is 402 g/mol. The molecular formula is C16H34N2O4Si3. The average molecular weight is 403 g/mol. The van der Waals surface area contributed by atoms with Crippen LogP contribution in [0.2, 0.25) is 51.9 Å². The van der Waals surface area contributed by atoms with Gasteiger partial charge in [-0.25, -0.2) is 0 Å². The highest BCUT2D eigenvalue weighted by Crippen LogP contribution is 2.25. The highest BCUT2D eigenvalue weighted by atomic mass is 28.5. The topological polar surface area (TPSA) is 90.7 Å². The molecule has 0 heterocycles. The van der Waals surface area contributed by atoms with Crippen molar-refractivity contribution in [2.24, 2.45) is 0 Å². The second-order valence-corrected chi connectivity index (χ2v) is 21.0. The molecule has 0 aromatic heterocycles. The summed E-state index contributed by atoms with van der Waals surface area (Å²) in [5.74, 6) is 0. The van der Waals surface area contributed by atoms with Crippen molar-refractivity contribution < 1.29 is 8.23 Å². The molecule has 0 atom stereocenters. The van der Waals surface area contributed by atoms with Crippen molar-refractivity contribution in [3.63, 3.8) is 0 Å². The third-order valence-electron chi connectivity index (χ3n) is 3.13. The van der Waals surface area contributed by atoms with Gasteiger partial charge in [0, 0.05) is 16.5 Å². The summed E-state index contributed by atoms with van der Waals surface area (Å²) in [5.41, 5.74) is 7.77. The summed E-state index contributed by atoms with van der Waals surface area (Å²) in [4.78, 5) is 14.0. The van der Waals surface area contributed by atoms with Crippen LogP contribution in [0.1, 0.15) is 6.42 Å². The minimum absolute atomic E-state index is 0.796. The number of benzene rings is 1. The first kappa shape index (κ1) is 24.0. The van der Waals surface area contributed by atoms with Gasteiger partial charge < -0.3 is 19.3 Å². The Morgan fingerprint density at radius 1 is 0.920 bits per heavy atom. The molecule has 0 radical (unpaired) electrons. The van der Waals surface area contributed by atoms with Crippen LogP contribution in [0.25, 0.3) is 0 Å². The number of nitrogens with one attached hydrogen (secondary N) is 1. The molecule has 6 nitrogen and oxygen atoms in total. The van der Waals surface area contributed by atoms with Gasteiger partial charge in [0.2, 0.25) is 0 Å². The molecule has 0 bridgehead atoms. The maximum absolute atomic E-state index is 7.00. The second kappa shape index (κ2) is 10.2. The van der Waals surface area contributed by atoms with Crippen molar-refractivity contribution in [3.8, 4) is 0 Å². The number of nitrogen functional groups attached to an aromatic ring is 1. The Labute approximate surface area is 155 Å². The zero-order valence-corrected chi connectivity index (χ0v) is 19.6. The van der Waals surface area contributed by atoms with Gasteiger partial charge in [-0.1, -0.05) is 12.1 Å². The third kappa shape index (κ3) is 11.3. The maximum Gasteiger partial charge on any atom is 0.314 e. The van der Waals surface area contributed by atoms with Gasteiger partial charge in [-0.3, -0.25) is 0 Å². The number of nitrogens with two attached hydrogens (primary N) is 1. The number of anilines is 2. The molecule has 0 saturated heterocycles. The van der Waals surface area contributed by atoms with Crippen LogP contribution in [0, 0.1) is 9.93 Å². The van der Waals surface area contributed by atoms with Gasteiger partial charge in [-0.05, 0) is 70.4 Å². The predicted molar refractivity (Wildman–Crippen MR) is 116 cm³/mol. The number of para-hydroxylation sites is 2. The van der Waals surface area contributed by atoms with Crippen LogP contribution in [0.3, 0.4) is 0 Å². The lowest BCUT2D eigenvalue weighted by Crippen LogP contribution is -2.52. The number of hydrogen-bond donors (Lipinski definition) is 2. The molecule has 0 amide bonds. The Kier molecular flexibility index (Phi) is 9.80. The van der Waals surface area contributed by atoms with Crippen LogP contribution in [-0.4, -0.2) is 31.7 Å². The van der Waals surface area contributed by atoms with Gasteiger partial charge in [0.1, 0.15) is 0 Å². The molecule has 0 aliphatic rings. The summed E-state index contributed by atoms with van der Waals surface area (Å²) in [6, 6.07) is 8.91. The summed E-state index contributed by atoms with van der Waals surface area (Å²) in [6.07, 6.45) is 1.03. The van der Waals surface area contributed by atoms with Gasteiger partial charge in [-0.15, -0.1) is 0 Å². The lowest BCUT2D eigenvalue weighted by Gasteiger charge is -2.38. The van der Waals surface area contributed by atoms with Crippen LogP contribution in [0.15, 0.2) is 24.3 Å². The first-order valence-corrected chi connectivity index (χ1v) is 17.9. The van der Waals surface area contributed by atoms with Crippen molar-refractivity contribution in [2.75, 3.05) is 17.6 Å². The molecule has 0 aliphatic carbocycles. The van der Waals surface area contributed by atoms with Gasteiger partial charge >= 0.3 is 8.56 Å².